The van der Waals surface area contributed by atoms with Crippen molar-refractivity contribution < 1.29 is 18.3 Å². The Morgan fingerprint density at radius 3 is 2.62 bits per heavy atom. The van der Waals surface area contributed by atoms with Crippen molar-refractivity contribution in [1.82, 2.24) is 10.2 Å². The number of morpholine rings is 1. The van der Waals surface area contributed by atoms with Crippen molar-refractivity contribution in [1.29, 1.82) is 0 Å². The minimum Gasteiger partial charge on any atom is -0.468 e. The number of hydrogen-bond donors (Lipinski definition) is 1. The van der Waals surface area contributed by atoms with E-state index in [0.717, 1.165) is 24.4 Å². The Labute approximate surface area is 140 Å². The van der Waals surface area contributed by atoms with Crippen molar-refractivity contribution in [2.24, 2.45) is 0 Å². The van der Waals surface area contributed by atoms with Crippen LogP contribution in [-0.2, 0) is 16.0 Å². The highest BCUT2D eigenvalue weighted by molar-refractivity contribution is 5.78. The average molecular weight is 332 g/mol. The highest BCUT2D eigenvalue weighted by Gasteiger charge is 2.25. The number of nitrogens with one attached hydrogen (secondary N) is 1. The van der Waals surface area contributed by atoms with Gasteiger partial charge < -0.3 is 14.5 Å². The van der Waals surface area contributed by atoms with E-state index < -0.39 is 0 Å². The first-order valence-electron chi connectivity index (χ1n) is 8.09. The van der Waals surface area contributed by atoms with Gasteiger partial charge >= 0.3 is 0 Å². The second-order valence-corrected chi connectivity index (χ2v) is 5.79. The summed E-state index contributed by atoms with van der Waals surface area (Å²) in [5.74, 6) is 0.440. The smallest absolute Gasteiger partial charge is 0.224 e. The monoisotopic (exact) mass is 332 g/mol. The van der Waals surface area contributed by atoms with Crippen LogP contribution in [0, 0.1) is 5.82 Å². The fourth-order valence-corrected chi connectivity index (χ4v) is 2.84. The molecule has 1 fully saturated rings. The van der Waals surface area contributed by atoms with Crippen LogP contribution in [0.1, 0.15) is 17.4 Å². The summed E-state index contributed by atoms with van der Waals surface area (Å²) in [7, 11) is 0. The quantitative estimate of drug-likeness (QED) is 0.881. The molecule has 2 aromatic rings. The van der Waals surface area contributed by atoms with Gasteiger partial charge in [0.15, 0.2) is 0 Å². The highest BCUT2D eigenvalue weighted by atomic mass is 19.1. The summed E-state index contributed by atoms with van der Waals surface area (Å²) in [6.45, 7) is 3.44. The van der Waals surface area contributed by atoms with Crippen molar-refractivity contribution in [2.45, 2.75) is 12.5 Å². The maximum absolute atomic E-state index is 12.9. The lowest BCUT2D eigenvalue weighted by atomic mass is 10.1. The molecule has 1 atom stereocenters. The third-order valence-corrected chi connectivity index (χ3v) is 4.13. The van der Waals surface area contributed by atoms with Crippen molar-refractivity contribution in [3.05, 3.63) is 59.8 Å². The first kappa shape index (κ1) is 16.7. The molecule has 0 radical (unpaired) electrons. The number of carbonyl (C=O) groups is 1. The molecule has 1 N–H and O–H groups in total. The molecule has 6 heteroatoms. The van der Waals surface area contributed by atoms with Crippen molar-refractivity contribution in [2.75, 3.05) is 32.8 Å². The predicted molar refractivity (Wildman–Crippen MR) is 87.0 cm³/mol. The van der Waals surface area contributed by atoms with E-state index >= 15 is 0 Å². The lowest BCUT2D eigenvalue weighted by molar-refractivity contribution is -0.120. The molecule has 1 aromatic heterocycles. The van der Waals surface area contributed by atoms with Gasteiger partial charge in [0.25, 0.3) is 0 Å². The number of furan rings is 1. The molecule has 0 spiro atoms. The predicted octanol–water partition coefficient (Wildman–Crippen LogP) is 2.15. The van der Waals surface area contributed by atoms with Gasteiger partial charge in [-0.25, -0.2) is 4.39 Å². The van der Waals surface area contributed by atoms with Gasteiger partial charge in [0.05, 0.1) is 31.9 Å². The van der Waals surface area contributed by atoms with E-state index in [1.807, 2.05) is 12.1 Å². The zero-order valence-electron chi connectivity index (χ0n) is 13.4. The molecule has 0 bridgehead atoms. The Morgan fingerprint density at radius 2 is 1.96 bits per heavy atom. The summed E-state index contributed by atoms with van der Waals surface area (Å²) < 4.78 is 23.8. The first-order valence-corrected chi connectivity index (χ1v) is 8.09. The van der Waals surface area contributed by atoms with Crippen LogP contribution in [0.4, 0.5) is 4.39 Å². The van der Waals surface area contributed by atoms with E-state index in [9.17, 15) is 9.18 Å². The second kappa shape index (κ2) is 8.08. The third kappa shape index (κ3) is 4.43. The number of rotatable bonds is 6. The maximum Gasteiger partial charge on any atom is 0.224 e. The van der Waals surface area contributed by atoms with E-state index in [2.05, 4.69) is 10.2 Å². The number of benzene rings is 1. The number of nitrogens with zero attached hydrogens (tertiary/aromatic N) is 1. The SMILES string of the molecule is O=C(Cc1ccc(F)cc1)NC[C@H](c1ccco1)N1CCOCC1. The van der Waals surface area contributed by atoms with Gasteiger partial charge in [-0.15, -0.1) is 0 Å². The summed E-state index contributed by atoms with van der Waals surface area (Å²) >= 11 is 0. The highest BCUT2D eigenvalue weighted by Crippen LogP contribution is 2.21. The summed E-state index contributed by atoms with van der Waals surface area (Å²) in [6, 6.07) is 9.74. The standard InChI is InChI=1S/C18H21FN2O3/c19-15-5-3-14(4-6-15)12-18(22)20-13-16(17-2-1-9-24-17)21-7-10-23-11-8-21/h1-6,9,16H,7-8,10-13H2,(H,20,22)/t16-/m1/s1. The molecule has 1 amide bonds. The summed E-state index contributed by atoms with van der Waals surface area (Å²) in [4.78, 5) is 14.4. The lowest BCUT2D eigenvalue weighted by Crippen LogP contribution is -2.43. The van der Waals surface area contributed by atoms with Gasteiger partial charge in [0, 0.05) is 19.6 Å². The molecule has 3 rings (SSSR count). The summed E-state index contributed by atoms with van der Waals surface area (Å²) in [5.41, 5.74) is 0.787. The molecule has 2 heterocycles. The Balaban J connectivity index is 1.58. The van der Waals surface area contributed by atoms with E-state index in [0.29, 0.717) is 19.8 Å². The van der Waals surface area contributed by atoms with Crippen molar-refractivity contribution in [3.63, 3.8) is 0 Å². The summed E-state index contributed by atoms with van der Waals surface area (Å²) in [6.07, 6.45) is 1.87. The van der Waals surface area contributed by atoms with Crippen LogP contribution in [0.15, 0.2) is 47.1 Å². The number of amides is 1. The van der Waals surface area contributed by atoms with Crippen LogP contribution in [0.3, 0.4) is 0 Å². The van der Waals surface area contributed by atoms with E-state index in [1.165, 1.54) is 12.1 Å². The Kier molecular flexibility index (Phi) is 5.61. The molecule has 0 unspecified atom stereocenters. The molecule has 1 aliphatic heterocycles. The van der Waals surface area contributed by atoms with E-state index in [4.69, 9.17) is 9.15 Å². The van der Waals surface area contributed by atoms with Gasteiger partial charge in [-0.1, -0.05) is 12.1 Å². The number of carbonyl (C=O) groups excluding carboxylic acids is 1. The number of halogens is 1. The largest absolute Gasteiger partial charge is 0.468 e. The Morgan fingerprint density at radius 1 is 1.21 bits per heavy atom. The van der Waals surface area contributed by atoms with Gasteiger partial charge in [-0.2, -0.15) is 0 Å². The van der Waals surface area contributed by atoms with Crippen LogP contribution in [0.2, 0.25) is 0 Å². The van der Waals surface area contributed by atoms with Gasteiger partial charge in [-0.05, 0) is 29.8 Å². The van der Waals surface area contributed by atoms with Gasteiger partial charge in [-0.3, -0.25) is 9.69 Å². The molecule has 1 aliphatic rings. The minimum atomic E-state index is -0.302. The van der Waals surface area contributed by atoms with Crippen LogP contribution in [0.25, 0.3) is 0 Å². The zero-order valence-corrected chi connectivity index (χ0v) is 13.4. The lowest BCUT2D eigenvalue weighted by Gasteiger charge is -2.33. The molecule has 5 nitrogen and oxygen atoms in total. The molecule has 24 heavy (non-hydrogen) atoms. The maximum atomic E-state index is 12.9. The van der Waals surface area contributed by atoms with E-state index in [-0.39, 0.29) is 24.2 Å². The van der Waals surface area contributed by atoms with E-state index in [1.54, 1.807) is 18.4 Å². The number of hydrogen-bond acceptors (Lipinski definition) is 4. The fourth-order valence-electron chi connectivity index (χ4n) is 2.84. The molecule has 1 aromatic carbocycles. The van der Waals surface area contributed by atoms with Crippen molar-refractivity contribution >= 4 is 5.91 Å². The van der Waals surface area contributed by atoms with Crippen molar-refractivity contribution in [3.8, 4) is 0 Å². The fraction of sp³-hybridized carbons (Fsp3) is 0.389. The second-order valence-electron chi connectivity index (χ2n) is 5.79. The minimum absolute atomic E-state index is 0.0129. The van der Waals surface area contributed by atoms with Crippen LogP contribution < -0.4 is 5.32 Å². The van der Waals surface area contributed by atoms with Crippen LogP contribution in [-0.4, -0.2) is 43.7 Å². The Hall–Kier alpha value is -2.18. The topological polar surface area (TPSA) is 54.7 Å². The normalized spacial score (nSPS) is 16.7. The molecule has 1 saturated heterocycles. The van der Waals surface area contributed by atoms with Crippen LogP contribution in [0.5, 0.6) is 0 Å². The molecular weight excluding hydrogens is 311 g/mol. The summed E-state index contributed by atoms with van der Waals surface area (Å²) in [5, 5.41) is 2.96. The number of ether oxygens (including phenoxy) is 1. The molecular formula is C18H21FN2O3. The van der Waals surface area contributed by atoms with Gasteiger partial charge in [0.2, 0.25) is 5.91 Å². The average Bonchev–Trinajstić information content (AvgIpc) is 3.12. The molecule has 0 aliphatic carbocycles. The molecule has 128 valence electrons. The molecule has 0 saturated carbocycles. The van der Waals surface area contributed by atoms with Crippen LogP contribution >= 0.6 is 0 Å². The van der Waals surface area contributed by atoms with Gasteiger partial charge in [0.1, 0.15) is 11.6 Å². The zero-order chi connectivity index (χ0) is 16.8. The Bertz CT molecular complexity index is 637. The third-order valence-electron chi connectivity index (χ3n) is 4.13. The first-order chi connectivity index (χ1) is 11.7.